The molecular weight excluding hydrogens is 429 g/mol. The first-order valence-corrected chi connectivity index (χ1v) is 11.5. The van der Waals surface area contributed by atoms with Crippen molar-refractivity contribution in [2.45, 2.75) is 22.6 Å². The van der Waals surface area contributed by atoms with Crippen molar-refractivity contribution in [3.05, 3.63) is 53.8 Å². The molecule has 2 aromatic rings. The molecule has 1 fully saturated rings. The molecule has 0 saturated carbocycles. The van der Waals surface area contributed by atoms with Gasteiger partial charge >= 0.3 is 0 Å². The molecule has 1 saturated heterocycles. The molecule has 0 atom stereocenters. The second-order valence-electron chi connectivity index (χ2n) is 6.97. The van der Waals surface area contributed by atoms with Crippen molar-refractivity contribution in [1.29, 1.82) is 0 Å². The van der Waals surface area contributed by atoms with Crippen molar-refractivity contribution in [3.63, 3.8) is 0 Å². The van der Waals surface area contributed by atoms with Gasteiger partial charge in [0.1, 0.15) is 10.7 Å². The lowest BCUT2D eigenvalue weighted by Gasteiger charge is -2.17. The van der Waals surface area contributed by atoms with Gasteiger partial charge in [-0.3, -0.25) is 9.59 Å². The van der Waals surface area contributed by atoms with Crippen LogP contribution in [0.15, 0.2) is 52.3 Å². The van der Waals surface area contributed by atoms with Gasteiger partial charge in [0.2, 0.25) is 10.0 Å². The summed E-state index contributed by atoms with van der Waals surface area (Å²) in [5.74, 6) is -1.50. The minimum atomic E-state index is -4.01. The van der Waals surface area contributed by atoms with Crippen LogP contribution in [0, 0.1) is 5.82 Å². The number of benzene rings is 2. The van der Waals surface area contributed by atoms with Crippen molar-refractivity contribution in [2.75, 3.05) is 32.5 Å². The highest BCUT2D eigenvalue weighted by Gasteiger charge is 2.30. The summed E-state index contributed by atoms with van der Waals surface area (Å²) < 4.78 is 41.0. The quantitative estimate of drug-likeness (QED) is 0.702. The maximum atomic E-state index is 14.3. The summed E-state index contributed by atoms with van der Waals surface area (Å²) in [6.45, 7) is 0.672. The van der Waals surface area contributed by atoms with Crippen LogP contribution in [0.25, 0.3) is 0 Å². The Labute approximate surface area is 179 Å². The first kappa shape index (κ1) is 22.3. The zero-order chi connectivity index (χ0) is 21.9. The standard InChI is InChI=1S/C20H22FN3O4S2/c1-23(2)20(26)29-17-8-4-3-7-16(17)22-19(25)14-9-10-15(21)18(13-14)30(27,28)24-11-5-6-12-24/h3-4,7-10,13H,5-6,11-12H2,1-2H3,(H,22,25). The number of hydrogen-bond donors (Lipinski definition) is 1. The first-order valence-electron chi connectivity index (χ1n) is 9.29. The molecule has 30 heavy (non-hydrogen) atoms. The van der Waals surface area contributed by atoms with Crippen LogP contribution in [0.4, 0.5) is 14.9 Å². The van der Waals surface area contributed by atoms with Crippen molar-refractivity contribution in [1.82, 2.24) is 9.21 Å². The third kappa shape index (κ3) is 4.82. The number of hydrogen-bond acceptors (Lipinski definition) is 5. The summed E-state index contributed by atoms with van der Waals surface area (Å²) in [7, 11) is -0.763. The van der Waals surface area contributed by atoms with E-state index in [2.05, 4.69) is 5.32 Å². The minimum absolute atomic E-state index is 0.00733. The monoisotopic (exact) mass is 451 g/mol. The number of thioether (sulfide) groups is 1. The Bertz CT molecular complexity index is 1070. The van der Waals surface area contributed by atoms with E-state index < -0.39 is 26.6 Å². The maximum Gasteiger partial charge on any atom is 0.286 e. The second kappa shape index (κ2) is 9.15. The summed E-state index contributed by atoms with van der Waals surface area (Å²) in [5, 5.41) is 2.47. The maximum absolute atomic E-state index is 14.3. The molecule has 7 nitrogen and oxygen atoms in total. The molecule has 1 aliphatic rings. The van der Waals surface area contributed by atoms with E-state index in [1.807, 2.05) is 0 Å². The molecule has 2 amide bonds. The highest BCUT2D eigenvalue weighted by atomic mass is 32.2. The Morgan fingerprint density at radius 2 is 1.77 bits per heavy atom. The number of carbonyl (C=O) groups excluding carboxylic acids is 2. The molecule has 1 aliphatic heterocycles. The van der Waals surface area contributed by atoms with Crippen molar-refractivity contribution in [3.8, 4) is 0 Å². The molecular formula is C20H22FN3O4S2. The van der Waals surface area contributed by atoms with E-state index in [-0.39, 0.29) is 10.8 Å². The van der Waals surface area contributed by atoms with Gasteiger partial charge in [0, 0.05) is 37.6 Å². The Kier molecular flexibility index (Phi) is 6.79. The molecule has 160 valence electrons. The summed E-state index contributed by atoms with van der Waals surface area (Å²) in [6.07, 6.45) is 1.45. The van der Waals surface area contributed by atoms with E-state index in [0.29, 0.717) is 23.7 Å². The molecule has 0 bridgehead atoms. The first-order chi connectivity index (χ1) is 14.2. The van der Waals surface area contributed by atoms with Crippen LogP contribution in [0.3, 0.4) is 0 Å². The van der Waals surface area contributed by atoms with E-state index in [0.717, 1.165) is 36.7 Å². The van der Waals surface area contributed by atoms with Gasteiger partial charge in [0.15, 0.2) is 0 Å². The predicted molar refractivity (Wildman–Crippen MR) is 114 cm³/mol. The lowest BCUT2D eigenvalue weighted by Crippen LogP contribution is -2.29. The highest BCUT2D eigenvalue weighted by molar-refractivity contribution is 8.13. The van der Waals surface area contributed by atoms with Gasteiger partial charge in [-0.15, -0.1) is 0 Å². The second-order valence-corrected chi connectivity index (χ2v) is 9.87. The van der Waals surface area contributed by atoms with Crippen LogP contribution in [0.5, 0.6) is 0 Å². The minimum Gasteiger partial charge on any atom is -0.339 e. The predicted octanol–water partition coefficient (Wildman–Crippen LogP) is 3.64. The van der Waals surface area contributed by atoms with Gasteiger partial charge in [0.05, 0.1) is 5.69 Å². The fourth-order valence-electron chi connectivity index (χ4n) is 2.95. The summed E-state index contributed by atoms with van der Waals surface area (Å²) >= 11 is 0.952. The normalized spacial score (nSPS) is 14.5. The molecule has 1 heterocycles. The Balaban J connectivity index is 1.86. The van der Waals surface area contributed by atoms with Crippen molar-refractivity contribution < 1.29 is 22.4 Å². The topological polar surface area (TPSA) is 86.8 Å². The van der Waals surface area contributed by atoms with Crippen LogP contribution in [0.2, 0.25) is 0 Å². The number of halogens is 1. The van der Waals surface area contributed by atoms with Crippen LogP contribution in [-0.2, 0) is 10.0 Å². The Hall–Kier alpha value is -2.43. The van der Waals surface area contributed by atoms with Gasteiger partial charge in [-0.2, -0.15) is 4.31 Å². The third-order valence-corrected chi connectivity index (χ3v) is 7.60. The SMILES string of the molecule is CN(C)C(=O)Sc1ccccc1NC(=O)c1ccc(F)c(S(=O)(=O)N2CCCC2)c1. The van der Waals surface area contributed by atoms with Crippen molar-refractivity contribution >= 4 is 38.6 Å². The fraction of sp³-hybridized carbons (Fsp3) is 0.300. The largest absolute Gasteiger partial charge is 0.339 e. The van der Waals surface area contributed by atoms with Gasteiger partial charge in [0.25, 0.3) is 11.1 Å². The van der Waals surface area contributed by atoms with E-state index >= 15 is 0 Å². The van der Waals surface area contributed by atoms with Crippen LogP contribution >= 0.6 is 11.8 Å². The van der Waals surface area contributed by atoms with Crippen molar-refractivity contribution in [2.24, 2.45) is 0 Å². The van der Waals surface area contributed by atoms with E-state index in [1.165, 1.54) is 15.3 Å². The molecule has 0 spiro atoms. The number of sulfonamides is 1. The van der Waals surface area contributed by atoms with Gasteiger partial charge in [-0.1, -0.05) is 12.1 Å². The molecule has 1 N–H and O–H groups in total. The average molecular weight is 452 g/mol. The zero-order valence-electron chi connectivity index (χ0n) is 16.6. The fourth-order valence-corrected chi connectivity index (χ4v) is 5.30. The van der Waals surface area contributed by atoms with E-state index in [9.17, 15) is 22.4 Å². The highest BCUT2D eigenvalue weighted by Crippen LogP contribution is 2.29. The molecule has 0 aromatic heterocycles. The van der Waals surface area contributed by atoms with Gasteiger partial charge in [-0.05, 0) is 54.9 Å². The third-order valence-electron chi connectivity index (χ3n) is 4.57. The number of amides is 2. The summed E-state index contributed by atoms with van der Waals surface area (Å²) in [6, 6.07) is 10.0. The zero-order valence-corrected chi connectivity index (χ0v) is 18.2. The number of para-hydroxylation sites is 1. The lowest BCUT2D eigenvalue weighted by molar-refractivity contribution is 0.102. The van der Waals surface area contributed by atoms with Crippen LogP contribution in [-0.4, -0.2) is 56.0 Å². The van der Waals surface area contributed by atoms with Crippen LogP contribution in [0.1, 0.15) is 23.2 Å². The molecule has 0 aliphatic carbocycles. The van der Waals surface area contributed by atoms with E-state index in [1.54, 1.807) is 38.4 Å². The number of nitrogens with one attached hydrogen (secondary N) is 1. The number of nitrogens with zero attached hydrogens (tertiary/aromatic N) is 2. The smallest absolute Gasteiger partial charge is 0.286 e. The Morgan fingerprint density at radius 1 is 1.10 bits per heavy atom. The molecule has 3 rings (SSSR count). The Morgan fingerprint density at radius 3 is 2.43 bits per heavy atom. The average Bonchev–Trinajstić information content (AvgIpc) is 3.25. The molecule has 10 heteroatoms. The van der Waals surface area contributed by atoms with Gasteiger partial charge in [-0.25, -0.2) is 12.8 Å². The molecule has 2 aromatic carbocycles. The van der Waals surface area contributed by atoms with Crippen LogP contribution < -0.4 is 5.32 Å². The number of carbonyl (C=O) groups is 2. The number of anilines is 1. The molecule has 0 radical (unpaired) electrons. The van der Waals surface area contributed by atoms with Gasteiger partial charge < -0.3 is 10.2 Å². The van der Waals surface area contributed by atoms with E-state index in [4.69, 9.17) is 0 Å². The molecule has 0 unspecified atom stereocenters. The summed E-state index contributed by atoms with van der Waals surface area (Å²) in [5.41, 5.74) is 0.406. The number of rotatable bonds is 5. The summed E-state index contributed by atoms with van der Waals surface area (Å²) in [4.78, 5) is 26.2. The lowest BCUT2D eigenvalue weighted by atomic mass is 10.2.